The third-order valence-corrected chi connectivity index (χ3v) is 6.23. The van der Waals surface area contributed by atoms with Crippen LogP contribution in [0.5, 0.6) is 11.5 Å². The molecule has 148 valence electrons. The Hall–Kier alpha value is -1.74. The summed E-state index contributed by atoms with van der Waals surface area (Å²) in [6.45, 7) is 11.3. The van der Waals surface area contributed by atoms with Crippen LogP contribution in [0.4, 0.5) is 0 Å². The highest BCUT2D eigenvalue weighted by Gasteiger charge is 2.34. The van der Waals surface area contributed by atoms with Crippen LogP contribution in [0.2, 0.25) is 0 Å². The van der Waals surface area contributed by atoms with E-state index in [0.717, 1.165) is 68.3 Å². The van der Waals surface area contributed by atoms with E-state index in [9.17, 15) is 10.2 Å². The van der Waals surface area contributed by atoms with Gasteiger partial charge in [-0.25, -0.2) is 0 Å². The van der Waals surface area contributed by atoms with Gasteiger partial charge >= 0.3 is 0 Å². The van der Waals surface area contributed by atoms with E-state index < -0.39 is 0 Å². The molecule has 2 N–H and O–H groups in total. The SMILES string of the molecule is C=C(C)C1CCC(C)=CC1c1c(O)cc(CCCCC)c(C2CCO2)c1O. The summed E-state index contributed by atoms with van der Waals surface area (Å²) in [5.74, 6) is 0.670. The standard InChI is InChI=1S/C24H34O3/c1-5-6-7-8-17-14-20(25)23(24(26)22(17)21-11-12-27-21)19-13-16(4)9-10-18(19)15(2)3/h13-14,18-19,21,25-26H,2,5-12H2,1,3-4H3. The predicted molar refractivity (Wildman–Crippen MR) is 110 cm³/mol. The van der Waals surface area contributed by atoms with Crippen molar-refractivity contribution in [3.05, 3.63) is 46.6 Å². The zero-order valence-electron chi connectivity index (χ0n) is 17.1. The second-order valence-electron chi connectivity index (χ2n) is 8.37. The van der Waals surface area contributed by atoms with Crippen LogP contribution in [0.1, 0.15) is 88.0 Å². The lowest BCUT2D eigenvalue weighted by atomic mass is 9.73. The molecule has 2 aliphatic rings. The van der Waals surface area contributed by atoms with Gasteiger partial charge < -0.3 is 14.9 Å². The number of aromatic hydroxyl groups is 2. The largest absolute Gasteiger partial charge is 0.507 e. The topological polar surface area (TPSA) is 49.7 Å². The van der Waals surface area contributed by atoms with Gasteiger partial charge in [0.2, 0.25) is 0 Å². The molecule has 0 radical (unpaired) electrons. The summed E-state index contributed by atoms with van der Waals surface area (Å²) in [5.41, 5.74) is 5.02. The van der Waals surface area contributed by atoms with E-state index in [0.29, 0.717) is 5.56 Å². The molecule has 1 fully saturated rings. The second-order valence-corrected chi connectivity index (χ2v) is 8.37. The number of allylic oxidation sites excluding steroid dienone is 3. The van der Waals surface area contributed by atoms with Crippen molar-refractivity contribution in [3.63, 3.8) is 0 Å². The Kier molecular flexibility index (Phi) is 6.31. The van der Waals surface area contributed by atoms with Crippen LogP contribution in [-0.4, -0.2) is 16.8 Å². The van der Waals surface area contributed by atoms with Crippen molar-refractivity contribution in [2.75, 3.05) is 6.61 Å². The number of hydrogen-bond acceptors (Lipinski definition) is 3. The highest BCUT2D eigenvalue weighted by atomic mass is 16.5. The van der Waals surface area contributed by atoms with Crippen LogP contribution in [0.25, 0.3) is 0 Å². The van der Waals surface area contributed by atoms with E-state index in [2.05, 4.69) is 33.4 Å². The van der Waals surface area contributed by atoms with Crippen molar-refractivity contribution in [3.8, 4) is 11.5 Å². The van der Waals surface area contributed by atoms with Crippen LogP contribution in [0, 0.1) is 5.92 Å². The number of ether oxygens (including phenoxy) is 1. The molecule has 3 rings (SSSR count). The molecular weight excluding hydrogens is 336 g/mol. The van der Waals surface area contributed by atoms with Gasteiger partial charge in [-0.2, -0.15) is 0 Å². The first-order chi connectivity index (χ1) is 12.9. The van der Waals surface area contributed by atoms with Gasteiger partial charge in [-0.3, -0.25) is 0 Å². The first-order valence-corrected chi connectivity index (χ1v) is 10.5. The van der Waals surface area contributed by atoms with E-state index in [1.165, 1.54) is 5.57 Å². The molecule has 0 bridgehead atoms. The maximum Gasteiger partial charge on any atom is 0.129 e. The minimum atomic E-state index is -0.0436. The van der Waals surface area contributed by atoms with Crippen molar-refractivity contribution in [1.29, 1.82) is 0 Å². The van der Waals surface area contributed by atoms with Gasteiger partial charge in [-0.15, -0.1) is 0 Å². The van der Waals surface area contributed by atoms with Crippen molar-refractivity contribution in [1.82, 2.24) is 0 Å². The fraction of sp³-hybridized carbons (Fsp3) is 0.583. The molecule has 3 nitrogen and oxygen atoms in total. The smallest absolute Gasteiger partial charge is 0.129 e. The van der Waals surface area contributed by atoms with Crippen molar-refractivity contribution < 1.29 is 14.9 Å². The van der Waals surface area contributed by atoms with E-state index in [1.54, 1.807) is 0 Å². The van der Waals surface area contributed by atoms with Crippen LogP contribution in [-0.2, 0) is 11.2 Å². The quantitative estimate of drug-likeness (QED) is 0.437. The Morgan fingerprint density at radius 3 is 2.56 bits per heavy atom. The zero-order chi connectivity index (χ0) is 19.6. The molecule has 3 unspecified atom stereocenters. The van der Waals surface area contributed by atoms with Gasteiger partial charge in [0, 0.05) is 23.5 Å². The third-order valence-electron chi connectivity index (χ3n) is 6.23. The minimum absolute atomic E-state index is 0.0280. The van der Waals surface area contributed by atoms with E-state index in [4.69, 9.17) is 4.74 Å². The van der Waals surface area contributed by atoms with Crippen LogP contribution in [0.15, 0.2) is 29.9 Å². The monoisotopic (exact) mass is 370 g/mol. The number of hydrogen-bond donors (Lipinski definition) is 2. The Balaban J connectivity index is 2.07. The fourth-order valence-electron chi connectivity index (χ4n) is 4.57. The van der Waals surface area contributed by atoms with Crippen molar-refractivity contribution in [2.45, 2.75) is 77.7 Å². The highest BCUT2D eigenvalue weighted by Crippen LogP contribution is 2.50. The van der Waals surface area contributed by atoms with E-state index >= 15 is 0 Å². The lowest BCUT2D eigenvalue weighted by Gasteiger charge is -2.34. The third kappa shape index (κ3) is 4.08. The molecule has 0 aromatic heterocycles. The number of phenolic OH excluding ortho intramolecular Hbond substituents is 2. The molecule has 0 spiro atoms. The molecule has 1 saturated heterocycles. The minimum Gasteiger partial charge on any atom is -0.507 e. The van der Waals surface area contributed by atoms with Gasteiger partial charge in [-0.05, 0) is 57.1 Å². The first kappa shape index (κ1) is 20.0. The first-order valence-electron chi connectivity index (χ1n) is 10.5. The molecule has 1 aliphatic heterocycles. The van der Waals surface area contributed by atoms with Gasteiger partial charge in [0.25, 0.3) is 0 Å². The number of aryl methyl sites for hydroxylation is 1. The molecular formula is C24H34O3. The average molecular weight is 371 g/mol. The van der Waals surface area contributed by atoms with Gasteiger partial charge in [0.1, 0.15) is 11.5 Å². The summed E-state index contributed by atoms with van der Waals surface area (Å²) >= 11 is 0. The molecule has 0 saturated carbocycles. The van der Waals surface area contributed by atoms with E-state index in [-0.39, 0.29) is 29.4 Å². The summed E-state index contributed by atoms with van der Waals surface area (Å²) < 4.78 is 5.75. The van der Waals surface area contributed by atoms with Crippen LogP contribution >= 0.6 is 0 Å². The summed E-state index contributed by atoms with van der Waals surface area (Å²) in [7, 11) is 0. The molecule has 1 aromatic carbocycles. The van der Waals surface area contributed by atoms with Crippen LogP contribution in [0.3, 0.4) is 0 Å². The van der Waals surface area contributed by atoms with E-state index in [1.807, 2.05) is 6.07 Å². The number of rotatable bonds is 7. The Morgan fingerprint density at radius 2 is 1.96 bits per heavy atom. The lowest BCUT2D eigenvalue weighted by molar-refractivity contribution is -0.0543. The maximum absolute atomic E-state index is 11.3. The van der Waals surface area contributed by atoms with Crippen LogP contribution < -0.4 is 0 Å². The zero-order valence-corrected chi connectivity index (χ0v) is 17.1. The van der Waals surface area contributed by atoms with Gasteiger partial charge in [-0.1, -0.05) is 43.6 Å². The summed E-state index contributed by atoms with van der Waals surface area (Å²) in [6, 6.07) is 1.88. The molecule has 27 heavy (non-hydrogen) atoms. The average Bonchev–Trinajstić information content (AvgIpc) is 2.56. The Morgan fingerprint density at radius 1 is 1.22 bits per heavy atom. The molecule has 3 heteroatoms. The number of phenols is 2. The van der Waals surface area contributed by atoms with Gasteiger partial charge in [0.15, 0.2) is 0 Å². The fourth-order valence-corrected chi connectivity index (χ4v) is 4.57. The number of benzene rings is 1. The predicted octanol–water partition coefficient (Wildman–Crippen LogP) is 6.31. The summed E-state index contributed by atoms with van der Waals surface area (Å²) in [6.07, 6.45) is 9.38. The highest BCUT2D eigenvalue weighted by molar-refractivity contribution is 5.58. The molecule has 3 atom stereocenters. The maximum atomic E-state index is 11.3. The Bertz CT molecular complexity index is 728. The van der Waals surface area contributed by atoms with Crippen molar-refractivity contribution >= 4 is 0 Å². The Labute approximate surface area is 163 Å². The number of unbranched alkanes of at least 4 members (excludes halogenated alkanes) is 2. The molecule has 1 aliphatic carbocycles. The molecule has 1 aromatic rings. The summed E-state index contributed by atoms with van der Waals surface area (Å²) in [5, 5.41) is 22.2. The molecule has 1 heterocycles. The summed E-state index contributed by atoms with van der Waals surface area (Å²) in [4.78, 5) is 0. The normalized spacial score (nSPS) is 25.0. The molecule has 0 amide bonds. The van der Waals surface area contributed by atoms with Crippen molar-refractivity contribution in [2.24, 2.45) is 5.92 Å². The van der Waals surface area contributed by atoms with Gasteiger partial charge in [0.05, 0.1) is 12.7 Å². The second kappa shape index (κ2) is 8.52. The lowest BCUT2D eigenvalue weighted by Crippen LogP contribution is -2.22.